The molecule has 9 heterocycles. The van der Waals surface area contributed by atoms with E-state index < -0.39 is 191 Å². The van der Waals surface area contributed by atoms with E-state index in [1.807, 2.05) is 14.2 Å². The van der Waals surface area contributed by atoms with Crippen molar-refractivity contribution >= 4 is 134 Å². The molecule has 9 atom stereocenters. The van der Waals surface area contributed by atoms with Gasteiger partial charge in [-0.2, -0.15) is 52.3 Å². The molecule has 3 aromatic carbocycles. The van der Waals surface area contributed by atoms with Gasteiger partial charge in [0.15, 0.2) is 0 Å². The molecule has 0 spiro atoms. The number of carbonyl (C=O) groups is 3. The highest BCUT2D eigenvalue weighted by Crippen LogP contribution is 2.40. The molecule has 0 bridgehead atoms. The number of nitrogens with zero attached hydrogens (tertiary/aromatic N) is 9. The van der Waals surface area contributed by atoms with Crippen LogP contribution < -0.4 is 30.1 Å². The van der Waals surface area contributed by atoms with E-state index in [4.69, 9.17) is 71.8 Å². The molecule has 5 unspecified atom stereocenters. The molecule has 3 amide bonds. The molecule has 36 heteroatoms. The minimum absolute atomic E-state index is 0. The van der Waals surface area contributed by atoms with Crippen LogP contribution in [0.3, 0.4) is 0 Å². The number of aryl methyl sites for hydroxylation is 3. The van der Waals surface area contributed by atoms with E-state index in [-0.39, 0.29) is 85.7 Å². The van der Waals surface area contributed by atoms with Gasteiger partial charge in [-0.15, -0.1) is 34.0 Å². The van der Waals surface area contributed by atoms with Gasteiger partial charge in [0.25, 0.3) is 30.6 Å². The van der Waals surface area contributed by atoms with Crippen LogP contribution in [0.2, 0.25) is 15.1 Å². The summed E-state index contributed by atoms with van der Waals surface area (Å²) in [6.45, 7) is -18.5. The SMILES string of the molecule is C.C.C.[2H]C1C([2H])(c2ccc(-c3cn(C([2H])([2H])[2H])cn3)s2)NS(=O)(=O)N(C([2H])([2H])[2H])C1([2H])C(=O)Nc1ccc(F)c(Cl)c1.[2H]C1[C@]([2H])(C(=O)Nc2ccc(F)c(Cl)c2)N(C([2H])([2H])[2H])S(=O)(=O)N[C@]1([2H])c1ccc(-c2cn(C([2H])([2H])[2H])cn2)s1.[2H]C1[C@]([2H])(c2ccc(-c3cn(C([2H])([2H])[2H])cn3)s2)NS(=O)(=O)N(C([2H])([2H])[2H])[C@]1([2H])C(=O)Nc1ccc(F)c(Cl)c1. The van der Waals surface area contributed by atoms with Crippen molar-refractivity contribution in [1.29, 1.82) is 0 Å². The Balaban J connectivity index is 0.000000251. The first kappa shape index (κ1) is 46.4. The number of hydrogen-bond donors (Lipinski definition) is 6. The molecule has 9 aromatic rings. The van der Waals surface area contributed by atoms with Crippen molar-refractivity contribution < 1.29 is 89.8 Å². The van der Waals surface area contributed by atoms with E-state index in [0.29, 0.717) is 0 Å². The summed E-state index contributed by atoms with van der Waals surface area (Å²) < 4.78 is 343. The average Bonchev–Trinajstić information content (AvgIpc) is 1.60. The molecule has 3 fully saturated rings. The number of amides is 3. The van der Waals surface area contributed by atoms with Crippen molar-refractivity contribution in [3.63, 3.8) is 0 Å². The number of hydrogen-bond acceptors (Lipinski definition) is 15. The van der Waals surface area contributed by atoms with Crippen LogP contribution in [0.15, 0.2) is 129 Å². The lowest BCUT2D eigenvalue weighted by Crippen LogP contribution is -2.55. The van der Waals surface area contributed by atoms with Crippen LogP contribution in [-0.4, -0.2) is 124 Å². The smallest absolute Gasteiger partial charge is 0.280 e. The van der Waals surface area contributed by atoms with Crippen LogP contribution in [0.5, 0.6) is 0 Å². The van der Waals surface area contributed by atoms with E-state index in [1.165, 1.54) is 55.0 Å². The number of thiophene rings is 3. The second-order valence-electron chi connectivity index (χ2n) is 18.7. The number of imidazole rings is 3. The van der Waals surface area contributed by atoms with Gasteiger partial charge in [-0.1, -0.05) is 57.1 Å². The van der Waals surface area contributed by atoms with Gasteiger partial charge in [0, 0.05) is 121 Å². The Morgan fingerprint density at radius 2 is 0.750 bits per heavy atom. The zero-order valence-electron chi connectivity index (χ0n) is 72.8. The van der Waals surface area contributed by atoms with Gasteiger partial charge in [0.05, 0.1) is 92.0 Å². The number of carbonyl (C=O) groups excluding carboxylic acids is 3. The van der Waals surface area contributed by atoms with Crippen LogP contribution in [0, 0.1) is 17.5 Å². The molecule has 3 saturated heterocycles. The van der Waals surface area contributed by atoms with Gasteiger partial charge >= 0.3 is 0 Å². The van der Waals surface area contributed by atoms with Gasteiger partial charge in [-0.25, -0.2) is 28.1 Å². The molecule has 0 aliphatic carbocycles. The summed E-state index contributed by atoms with van der Waals surface area (Å²) in [5, 5.41) is 4.99. The van der Waals surface area contributed by atoms with Crippen molar-refractivity contribution in [3.05, 3.63) is 176 Å². The third-order valence-corrected chi connectivity index (χ3v) is 20.0. The van der Waals surface area contributed by atoms with Gasteiger partial charge in [0.2, 0.25) is 17.7 Å². The summed E-state index contributed by atoms with van der Waals surface area (Å²) in [5.41, 5.74) is -0.253. The van der Waals surface area contributed by atoms with Crippen molar-refractivity contribution in [1.82, 2.24) is 55.7 Å². The van der Waals surface area contributed by atoms with Crippen molar-refractivity contribution in [3.8, 4) is 31.7 Å². The molecule has 3 aliphatic heterocycles. The number of rotatable bonds is 12. The number of aromatic nitrogens is 6. The maximum absolute atomic E-state index is 13.6. The quantitative estimate of drug-likeness (QED) is 0.0666. The van der Waals surface area contributed by atoms with Gasteiger partial charge in [-0.3, -0.25) is 14.4 Å². The minimum atomic E-state index is -5.31. The predicted molar refractivity (Wildman–Crippen MR) is 373 cm³/mol. The van der Waals surface area contributed by atoms with E-state index in [9.17, 15) is 52.8 Å². The Kier molecular flexibility index (Phi) is 15.1. The van der Waals surface area contributed by atoms with Crippen LogP contribution in [0.4, 0.5) is 30.2 Å². The Morgan fingerprint density at radius 3 is 0.979 bits per heavy atom. The van der Waals surface area contributed by atoms with Gasteiger partial charge in [-0.05, 0) is 110 Å². The zero-order chi connectivity index (χ0) is 90.2. The summed E-state index contributed by atoms with van der Waals surface area (Å²) in [6, 6.07) is -2.45. The fourth-order valence-corrected chi connectivity index (χ4v) is 14.3. The first-order valence-electron chi connectivity index (χ1n) is 38.9. The summed E-state index contributed by atoms with van der Waals surface area (Å²) >= 11 is 19.3. The first-order valence-corrected chi connectivity index (χ1v) is 33.1. The lowest BCUT2D eigenvalue weighted by Gasteiger charge is -2.35. The third kappa shape index (κ3) is 17.7. The largest absolute Gasteiger partial charge is 0.340 e. The van der Waals surface area contributed by atoms with E-state index in [0.717, 1.165) is 121 Å². The predicted octanol–water partition coefficient (Wildman–Crippen LogP) is 11.4. The molecule has 24 nitrogen and oxygen atoms in total. The van der Waals surface area contributed by atoms with E-state index >= 15 is 0 Å². The molecule has 6 N–H and O–H groups in total. The van der Waals surface area contributed by atoms with Crippen LogP contribution in [0.25, 0.3) is 31.7 Å². The summed E-state index contributed by atoms with van der Waals surface area (Å²) in [6.07, 6.45) is -0.570. The number of nitrogens with one attached hydrogen (secondary N) is 6. The fraction of sp³-hybridized carbons (Fsp3) is 0.300. The molecular weight excluding hydrogens is 1430 g/mol. The lowest BCUT2D eigenvalue weighted by atomic mass is 10.1. The first-order chi connectivity index (χ1) is 54.6. The van der Waals surface area contributed by atoms with Gasteiger partial charge < -0.3 is 29.7 Å². The molecule has 12 rings (SSSR count). The van der Waals surface area contributed by atoms with E-state index in [1.54, 1.807) is 0 Å². The monoisotopic (exact) mass is 1520 g/mol. The maximum Gasteiger partial charge on any atom is 0.280 e. The Bertz CT molecular complexity index is 5300. The maximum atomic E-state index is 13.6. The van der Waals surface area contributed by atoms with Crippen LogP contribution >= 0.6 is 68.8 Å². The molecule has 96 heavy (non-hydrogen) atoms. The number of anilines is 3. The highest BCUT2D eigenvalue weighted by Gasteiger charge is 2.44. The topological polar surface area (TPSA) is 289 Å². The third-order valence-electron chi connectivity index (χ3n) is 12.3. The molecular formula is C60H69Cl3F3N15O9S6. The summed E-state index contributed by atoms with van der Waals surface area (Å²) in [5.74, 6) is -7.39. The molecule has 3 aliphatic rings. The number of halogens is 6. The lowest BCUT2D eigenvalue weighted by molar-refractivity contribution is -0.120. The minimum Gasteiger partial charge on any atom is -0.340 e. The molecule has 0 saturated carbocycles. The normalized spacial score (nSPS) is 32.3. The van der Waals surface area contributed by atoms with Crippen molar-refractivity contribution in [2.45, 2.75) is 77.6 Å². The number of benzene rings is 3. The second kappa shape index (κ2) is 31.3. The number of likely N-dealkylation sites (N-methyl/N-ethyl adjacent to an activating group) is 3. The van der Waals surface area contributed by atoms with Crippen molar-refractivity contribution in [2.24, 2.45) is 20.9 Å². The van der Waals surface area contributed by atoms with Crippen LogP contribution in [0.1, 0.15) is 111 Å². The fourth-order valence-electron chi connectivity index (χ4n) is 7.97. The Labute approximate surface area is 619 Å². The molecule has 516 valence electrons. The Morgan fingerprint density at radius 1 is 0.479 bits per heavy atom. The second-order valence-corrected chi connectivity index (χ2v) is 27.7. The molecule has 6 aromatic heterocycles. The van der Waals surface area contributed by atoms with Crippen LogP contribution in [-0.2, 0) is 65.9 Å². The molecule has 0 radical (unpaired) electrons. The standard InChI is InChI=1S/3C19H19ClFN5O3S2.3CH4/c3*1-25-9-15(22-10-25)18-6-5-17(30-18)14-8-16(26(2)31(28,29)24-14)19(27)23-11-3-4-13(21)12(20)7-11;;;/h3*3-7,9-10,14,16,24H,8H2,1-2H3,(H,23,27);3*1H4/t2*14-,16+;;;;/m10..../s1/i3*1D3,2D3,8D,14D,16D;;;/t2*8?,14-,16+;;;;. The van der Waals surface area contributed by atoms with E-state index in [2.05, 4.69) is 30.9 Å². The highest BCUT2D eigenvalue weighted by molar-refractivity contribution is 7.87. The highest BCUT2D eigenvalue weighted by atomic mass is 35.5. The van der Waals surface area contributed by atoms with Gasteiger partial charge in [0.1, 0.15) is 35.5 Å². The Hall–Kier alpha value is -6.93. The average molecular weight is 1530 g/mol. The zero-order valence-corrected chi connectivity index (χ0v) is 52.9. The summed E-state index contributed by atoms with van der Waals surface area (Å²) in [7, 11) is -15.9. The summed E-state index contributed by atoms with van der Waals surface area (Å²) in [4.78, 5) is 52.3. The van der Waals surface area contributed by atoms with Crippen molar-refractivity contribution in [2.75, 3.05) is 36.9 Å².